The van der Waals surface area contributed by atoms with Crippen LogP contribution in [0.3, 0.4) is 0 Å². The first-order chi connectivity index (χ1) is 11.2. The van der Waals surface area contributed by atoms with Crippen LogP contribution in [0.5, 0.6) is 0 Å². The topological polar surface area (TPSA) is 59.3 Å². The van der Waals surface area contributed by atoms with Crippen molar-refractivity contribution in [3.63, 3.8) is 0 Å². The average Bonchev–Trinajstić information content (AvgIpc) is 3.23. The summed E-state index contributed by atoms with van der Waals surface area (Å²) in [6.45, 7) is 1.99. The molecule has 1 aliphatic rings. The number of benzene rings is 2. The first kappa shape index (κ1) is 14.1. The first-order valence-corrected chi connectivity index (χ1v) is 8.43. The zero-order valence-corrected chi connectivity index (χ0v) is 13.3. The number of para-hydroxylation sites is 1. The molecule has 1 aromatic heterocycles. The van der Waals surface area contributed by atoms with Crippen LogP contribution >= 0.6 is 11.3 Å². The van der Waals surface area contributed by atoms with E-state index >= 15 is 0 Å². The minimum Gasteiger partial charge on any atom is -0.371 e. The third-order valence-electron chi connectivity index (χ3n) is 4.16. The molecule has 116 valence electrons. The van der Waals surface area contributed by atoms with E-state index in [4.69, 9.17) is 0 Å². The van der Waals surface area contributed by atoms with Crippen molar-refractivity contribution in [2.45, 2.75) is 12.8 Å². The molecule has 0 spiro atoms. The van der Waals surface area contributed by atoms with Gasteiger partial charge in [-0.25, -0.2) is 4.98 Å². The molecule has 5 nitrogen and oxygen atoms in total. The summed E-state index contributed by atoms with van der Waals surface area (Å²) in [4.78, 5) is 17.8. The quantitative estimate of drug-likeness (QED) is 0.526. The molecule has 3 aromatic rings. The highest BCUT2D eigenvalue weighted by Gasteiger charge is 2.21. The van der Waals surface area contributed by atoms with E-state index in [1.807, 2.05) is 30.3 Å². The fourth-order valence-corrected chi connectivity index (χ4v) is 4.02. The van der Waals surface area contributed by atoms with Crippen molar-refractivity contribution in [3.05, 3.63) is 52.6 Å². The van der Waals surface area contributed by atoms with Gasteiger partial charge in [-0.15, -0.1) is 11.3 Å². The van der Waals surface area contributed by atoms with Gasteiger partial charge in [0.2, 0.25) is 0 Å². The molecule has 23 heavy (non-hydrogen) atoms. The summed E-state index contributed by atoms with van der Waals surface area (Å²) in [6, 6.07) is 13.1. The largest absolute Gasteiger partial charge is 0.371 e. The van der Waals surface area contributed by atoms with Crippen molar-refractivity contribution < 1.29 is 4.92 Å². The number of fused-ring (bicyclic) bond motifs is 1. The monoisotopic (exact) mass is 325 g/mol. The average molecular weight is 325 g/mol. The fourth-order valence-electron chi connectivity index (χ4n) is 3.03. The molecule has 0 N–H and O–H groups in total. The van der Waals surface area contributed by atoms with Gasteiger partial charge < -0.3 is 4.90 Å². The van der Waals surface area contributed by atoms with E-state index in [0.717, 1.165) is 52.4 Å². The minimum atomic E-state index is -0.343. The number of rotatable bonds is 3. The second-order valence-corrected chi connectivity index (χ2v) is 6.67. The highest BCUT2D eigenvalue weighted by Crippen LogP contribution is 2.39. The van der Waals surface area contributed by atoms with Gasteiger partial charge in [0.1, 0.15) is 5.01 Å². The van der Waals surface area contributed by atoms with Crippen LogP contribution in [0.1, 0.15) is 12.8 Å². The van der Waals surface area contributed by atoms with E-state index in [0.29, 0.717) is 0 Å². The molecule has 0 aliphatic carbocycles. The van der Waals surface area contributed by atoms with Crippen LogP contribution < -0.4 is 4.90 Å². The molecular formula is C17H15N3O2S. The van der Waals surface area contributed by atoms with E-state index in [9.17, 15) is 10.1 Å². The van der Waals surface area contributed by atoms with Gasteiger partial charge >= 0.3 is 0 Å². The van der Waals surface area contributed by atoms with Gasteiger partial charge in [-0.05, 0) is 31.0 Å². The minimum absolute atomic E-state index is 0.113. The standard InChI is InChI=1S/C17H15N3O2S/c21-20(22)12-7-8-15(19-9-3-4-10-19)13(11-12)17-18-14-5-1-2-6-16(14)23-17/h1-2,5-8,11H,3-4,9-10H2. The molecule has 0 amide bonds. The Kier molecular flexibility index (Phi) is 3.46. The summed E-state index contributed by atoms with van der Waals surface area (Å²) < 4.78 is 1.10. The van der Waals surface area contributed by atoms with Crippen LogP contribution in [0, 0.1) is 10.1 Å². The van der Waals surface area contributed by atoms with Crippen LogP contribution in [-0.4, -0.2) is 23.0 Å². The lowest BCUT2D eigenvalue weighted by Crippen LogP contribution is -2.18. The Morgan fingerprint density at radius 3 is 2.65 bits per heavy atom. The highest BCUT2D eigenvalue weighted by atomic mass is 32.1. The second kappa shape index (κ2) is 5.62. The van der Waals surface area contributed by atoms with E-state index in [1.54, 1.807) is 23.5 Å². The SMILES string of the molecule is O=[N+]([O-])c1ccc(N2CCCC2)c(-c2nc3ccccc3s2)c1. The lowest BCUT2D eigenvalue weighted by molar-refractivity contribution is -0.384. The fraction of sp³-hybridized carbons (Fsp3) is 0.235. The van der Waals surface area contributed by atoms with Crippen molar-refractivity contribution in [1.82, 2.24) is 4.98 Å². The Balaban J connectivity index is 1.89. The lowest BCUT2D eigenvalue weighted by atomic mass is 10.1. The molecule has 1 fully saturated rings. The predicted molar refractivity (Wildman–Crippen MR) is 93.2 cm³/mol. The Labute approximate surface area is 137 Å². The molecular weight excluding hydrogens is 310 g/mol. The van der Waals surface area contributed by atoms with Crippen LogP contribution in [0.25, 0.3) is 20.8 Å². The van der Waals surface area contributed by atoms with Gasteiger partial charge in [-0.1, -0.05) is 12.1 Å². The van der Waals surface area contributed by atoms with Gasteiger partial charge in [-0.2, -0.15) is 0 Å². The molecule has 0 atom stereocenters. The third-order valence-corrected chi connectivity index (χ3v) is 5.23. The number of thiazole rings is 1. The number of hydrogen-bond acceptors (Lipinski definition) is 5. The number of nitrogens with zero attached hydrogens (tertiary/aromatic N) is 3. The number of hydrogen-bond donors (Lipinski definition) is 0. The molecule has 0 radical (unpaired) electrons. The molecule has 0 unspecified atom stereocenters. The van der Waals surface area contributed by atoms with E-state index in [-0.39, 0.29) is 10.6 Å². The normalized spacial score (nSPS) is 14.5. The van der Waals surface area contributed by atoms with Crippen LogP contribution in [0.2, 0.25) is 0 Å². The van der Waals surface area contributed by atoms with E-state index < -0.39 is 0 Å². The number of non-ortho nitro benzene ring substituents is 1. The number of nitro benzene ring substituents is 1. The van der Waals surface area contributed by atoms with E-state index in [2.05, 4.69) is 9.88 Å². The molecule has 1 aliphatic heterocycles. The molecule has 2 heterocycles. The molecule has 6 heteroatoms. The van der Waals surface area contributed by atoms with Crippen LogP contribution in [0.4, 0.5) is 11.4 Å². The van der Waals surface area contributed by atoms with Crippen molar-refractivity contribution in [2.24, 2.45) is 0 Å². The zero-order chi connectivity index (χ0) is 15.8. The Morgan fingerprint density at radius 1 is 1.13 bits per heavy atom. The molecule has 0 bridgehead atoms. The van der Waals surface area contributed by atoms with Crippen LogP contribution in [-0.2, 0) is 0 Å². The van der Waals surface area contributed by atoms with Gasteiger partial charge in [0.05, 0.1) is 15.1 Å². The zero-order valence-electron chi connectivity index (χ0n) is 12.4. The predicted octanol–water partition coefficient (Wildman–Crippen LogP) is 4.47. The Bertz CT molecular complexity index is 851. The van der Waals surface area contributed by atoms with Crippen molar-refractivity contribution >= 4 is 32.9 Å². The molecule has 2 aromatic carbocycles. The maximum atomic E-state index is 11.2. The summed E-state index contributed by atoms with van der Waals surface area (Å²) >= 11 is 1.58. The molecule has 4 rings (SSSR count). The molecule has 0 saturated carbocycles. The number of anilines is 1. The molecule has 1 saturated heterocycles. The lowest BCUT2D eigenvalue weighted by Gasteiger charge is -2.20. The summed E-state index contributed by atoms with van der Waals surface area (Å²) in [7, 11) is 0. The van der Waals surface area contributed by atoms with Gasteiger partial charge in [0, 0.05) is 36.5 Å². The second-order valence-electron chi connectivity index (χ2n) is 5.64. The summed E-state index contributed by atoms with van der Waals surface area (Å²) in [5.41, 5.74) is 2.96. The van der Waals surface area contributed by atoms with Crippen molar-refractivity contribution in [1.29, 1.82) is 0 Å². The Morgan fingerprint density at radius 2 is 1.91 bits per heavy atom. The maximum Gasteiger partial charge on any atom is 0.270 e. The third kappa shape index (κ3) is 2.55. The maximum absolute atomic E-state index is 11.2. The first-order valence-electron chi connectivity index (χ1n) is 7.62. The smallest absolute Gasteiger partial charge is 0.270 e. The van der Waals surface area contributed by atoms with Crippen LogP contribution in [0.15, 0.2) is 42.5 Å². The van der Waals surface area contributed by atoms with Crippen molar-refractivity contribution in [2.75, 3.05) is 18.0 Å². The van der Waals surface area contributed by atoms with Gasteiger partial charge in [-0.3, -0.25) is 10.1 Å². The summed E-state index contributed by atoms with van der Waals surface area (Å²) in [5, 5.41) is 12.0. The van der Waals surface area contributed by atoms with Crippen molar-refractivity contribution in [3.8, 4) is 10.6 Å². The summed E-state index contributed by atoms with van der Waals surface area (Å²) in [5.74, 6) is 0. The van der Waals surface area contributed by atoms with E-state index in [1.165, 1.54) is 0 Å². The highest BCUT2D eigenvalue weighted by molar-refractivity contribution is 7.21. The van der Waals surface area contributed by atoms with Gasteiger partial charge in [0.25, 0.3) is 5.69 Å². The number of aromatic nitrogens is 1. The Hall–Kier alpha value is -2.47. The van der Waals surface area contributed by atoms with Gasteiger partial charge in [0.15, 0.2) is 0 Å². The summed E-state index contributed by atoms with van der Waals surface area (Å²) in [6.07, 6.45) is 2.33. The number of nitro groups is 1.